The van der Waals surface area contributed by atoms with Crippen LogP contribution in [0.25, 0.3) is 33.1 Å². The third-order valence-corrected chi connectivity index (χ3v) is 5.89. The minimum atomic E-state index is -0.786. The molecule has 2 heterocycles. The molecule has 0 atom stereocenters. The zero-order valence-corrected chi connectivity index (χ0v) is 20.0. The third kappa shape index (κ3) is 3.48. The Morgan fingerprint density at radius 1 is 0.906 bits per heavy atom. The van der Waals surface area contributed by atoms with E-state index in [-0.39, 0.29) is 13.2 Å². The molecule has 0 fully saturated rings. The summed E-state index contributed by atoms with van der Waals surface area (Å²) in [5.41, 5.74) is 2.47. The van der Waals surface area contributed by atoms with Crippen LogP contribution in [0.3, 0.4) is 0 Å². The van der Waals surface area contributed by atoms with E-state index in [9.17, 15) is 14.4 Å². The number of aromatic nitrogens is 2. The molecule has 164 valence electrons. The van der Waals surface area contributed by atoms with Crippen molar-refractivity contribution < 1.29 is 19.1 Å². The Balaban J connectivity index is 2.31. The standard InChI is InChI=1S/C24H21IN2O5/c1-4-31-23(29)26-18-12-7-6-11-17(18)20-21(26)19(15-9-8-10-16(25)13-15)14(3)22(28)27(20)24(30)32-5-2/h6-13H,4-5H2,1-3H3. The maximum absolute atomic E-state index is 13.5. The molecule has 7 nitrogen and oxygen atoms in total. The third-order valence-electron chi connectivity index (χ3n) is 5.22. The van der Waals surface area contributed by atoms with Crippen LogP contribution >= 0.6 is 22.6 Å². The van der Waals surface area contributed by atoms with E-state index < -0.39 is 17.7 Å². The Morgan fingerprint density at radius 2 is 1.56 bits per heavy atom. The molecular weight excluding hydrogens is 523 g/mol. The van der Waals surface area contributed by atoms with Crippen molar-refractivity contribution in [3.63, 3.8) is 0 Å². The molecule has 0 bridgehead atoms. The Labute approximate surface area is 197 Å². The summed E-state index contributed by atoms with van der Waals surface area (Å²) in [5, 5.41) is 0.576. The molecule has 2 aromatic heterocycles. The highest BCUT2D eigenvalue weighted by molar-refractivity contribution is 14.1. The number of ether oxygens (including phenoxy) is 2. The van der Waals surface area contributed by atoms with Crippen LogP contribution in [0.1, 0.15) is 19.4 Å². The Hall–Kier alpha value is -3.14. The van der Waals surface area contributed by atoms with Crippen LogP contribution in [0.2, 0.25) is 0 Å². The second-order valence-corrected chi connectivity index (χ2v) is 8.34. The number of para-hydroxylation sites is 1. The van der Waals surface area contributed by atoms with Gasteiger partial charge < -0.3 is 9.47 Å². The maximum Gasteiger partial charge on any atom is 0.421 e. The lowest BCUT2D eigenvalue weighted by atomic mass is 10.00. The predicted molar refractivity (Wildman–Crippen MR) is 131 cm³/mol. The quantitative estimate of drug-likeness (QED) is 0.317. The molecule has 0 spiro atoms. The van der Waals surface area contributed by atoms with Crippen molar-refractivity contribution in [3.8, 4) is 11.1 Å². The van der Waals surface area contributed by atoms with Crippen LogP contribution in [-0.4, -0.2) is 34.5 Å². The van der Waals surface area contributed by atoms with Crippen molar-refractivity contribution in [3.05, 3.63) is 68.0 Å². The first kappa shape index (κ1) is 22.1. The van der Waals surface area contributed by atoms with E-state index >= 15 is 0 Å². The van der Waals surface area contributed by atoms with Gasteiger partial charge in [0.1, 0.15) is 0 Å². The highest BCUT2D eigenvalue weighted by atomic mass is 127. The van der Waals surface area contributed by atoms with Gasteiger partial charge in [-0.05, 0) is 67.1 Å². The second kappa shape index (κ2) is 8.78. The summed E-state index contributed by atoms with van der Waals surface area (Å²) in [7, 11) is 0. The van der Waals surface area contributed by atoms with Gasteiger partial charge in [-0.3, -0.25) is 4.79 Å². The van der Waals surface area contributed by atoms with E-state index in [0.29, 0.717) is 33.1 Å². The summed E-state index contributed by atoms with van der Waals surface area (Å²) in [6.07, 6.45) is -1.37. The van der Waals surface area contributed by atoms with Gasteiger partial charge in [0, 0.05) is 20.1 Å². The van der Waals surface area contributed by atoms with Gasteiger partial charge in [-0.15, -0.1) is 0 Å². The molecule has 0 saturated heterocycles. The first-order chi connectivity index (χ1) is 15.4. The van der Waals surface area contributed by atoms with Gasteiger partial charge in [-0.2, -0.15) is 0 Å². The van der Waals surface area contributed by atoms with Crippen LogP contribution < -0.4 is 5.56 Å². The van der Waals surface area contributed by atoms with Crippen LogP contribution in [0.15, 0.2) is 53.3 Å². The monoisotopic (exact) mass is 544 g/mol. The summed E-state index contributed by atoms with van der Waals surface area (Å²) in [4.78, 5) is 39.5. The number of pyridine rings is 1. The number of rotatable bonds is 3. The molecule has 32 heavy (non-hydrogen) atoms. The molecule has 0 aliphatic rings. The maximum atomic E-state index is 13.5. The fraction of sp³-hybridized carbons (Fsp3) is 0.208. The Bertz CT molecular complexity index is 1430. The zero-order chi connectivity index (χ0) is 23.0. The van der Waals surface area contributed by atoms with Crippen molar-refractivity contribution in [1.29, 1.82) is 0 Å². The van der Waals surface area contributed by atoms with Crippen LogP contribution in [0.5, 0.6) is 0 Å². The van der Waals surface area contributed by atoms with E-state index in [1.165, 1.54) is 4.57 Å². The van der Waals surface area contributed by atoms with Gasteiger partial charge in [0.25, 0.3) is 5.56 Å². The van der Waals surface area contributed by atoms with Gasteiger partial charge in [0.15, 0.2) is 0 Å². The van der Waals surface area contributed by atoms with Gasteiger partial charge >= 0.3 is 12.2 Å². The molecule has 0 amide bonds. The van der Waals surface area contributed by atoms with Crippen LogP contribution in [0.4, 0.5) is 9.59 Å². The highest BCUT2D eigenvalue weighted by Gasteiger charge is 2.28. The van der Waals surface area contributed by atoms with E-state index in [4.69, 9.17) is 9.47 Å². The number of halogens is 1. The smallest absolute Gasteiger partial charge is 0.421 e. The summed E-state index contributed by atoms with van der Waals surface area (Å²) in [5.74, 6) is 0. The molecule has 0 N–H and O–H groups in total. The van der Waals surface area contributed by atoms with E-state index in [2.05, 4.69) is 22.6 Å². The normalized spacial score (nSPS) is 11.1. The van der Waals surface area contributed by atoms with Gasteiger partial charge in [-0.25, -0.2) is 18.7 Å². The van der Waals surface area contributed by atoms with Gasteiger partial charge in [0.2, 0.25) is 0 Å². The molecule has 0 saturated carbocycles. The molecular formula is C24H21IN2O5. The number of fused-ring (bicyclic) bond motifs is 3. The largest absolute Gasteiger partial charge is 0.449 e. The van der Waals surface area contributed by atoms with Crippen molar-refractivity contribution in [1.82, 2.24) is 9.13 Å². The minimum absolute atomic E-state index is 0.112. The molecule has 0 aliphatic carbocycles. The number of hydrogen-bond donors (Lipinski definition) is 0. The molecule has 0 aliphatic heterocycles. The molecule has 4 aromatic rings. The van der Waals surface area contributed by atoms with Crippen LogP contribution in [0, 0.1) is 10.5 Å². The number of benzene rings is 2. The second-order valence-electron chi connectivity index (χ2n) is 7.10. The first-order valence-corrected chi connectivity index (χ1v) is 11.3. The molecule has 0 unspecified atom stereocenters. The number of nitrogens with zero attached hydrogens (tertiary/aromatic N) is 2. The van der Waals surface area contributed by atoms with Crippen molar-refractivity contribution in [2.75, 3.05) is 13.2 Å². The molecule has 4 rings (SSSR count). The molecule has 0 radical (unpaired) electrons. The van der Waals surface area contributed by atoms with E-state index in [0.717, 1.165) is 13.7 Å². The first-order valence-electron chi connectivity index (χ1n) is 10.2. The Kier molecular flexibility index (Phi) is 6.05. The number of carbonyl (C=O) groups is 2. The van der Waals surface area contributed by atoms with Gasteiger partial charge in [-0.1, -0.05) is 30.3 Å². The summed E-state index contributed by atoms with van der Waals surface area (Å²) < 4.78 is 14.0. The zero-order valence-electron chi connectivity index (χ0n) is 17.8. The van der Waals surface area contributed by atoms with E-state index in [1.54, 1.807) is 45.0 Å². The van der Waals surface area contributed by atoms with Crippen LogP contribution in [-0.2, 0) is 9.47 Å². The predicted octanol–water partition coefficient (Wildman–Crippen LogP) is 5.55. The summed E-state index contributed by atoms with van der Waals surface area (Å²) in [6.45, 7) is 5.35. The average molecular weight is 544 g/mol. The molecule has 2 aromatic carbocycles. The van der Waals surface area contributed by atoms with E-state index in [1.807, 2.05) is 24.3 Å². The lowest BCUT2D eigenvalue weighted by molar-refractivity contribution is 0.153. The lowest BCUT2D eigenvalue weighted by Crippen LogP contribution is -2.30. The molecule has 8 heteroatoms. The number of carbonyl (C=O) groups excluding carboxylic acids is 2. The fourth-order valence-corrected chi connectivity index (χ4v) is 4.51. The highest BCUT2D eigenvalue weighted by Crippen LogP contribution is 2.37. The summed E-state index contributed by atoms with van der Waals surface area (Å²) in [6, 6.07) is 14.8. The fourth-order valence-electron chi connectivity index (χ4n) is 3.97. The summed E-state index contributed by atoms with van der Waals surface area (Å²) >= 11 is 2.20. The number of hydrogen-bond acceptors (Lipinski definition) is 5. The van der Waals surface area contributed by atoms with Crippen molar-refractivity contribution in [2.45, 2.75) is 20.8 Å². The topological polar surface area (TPSA) is 79.5 Å². The van der Waals surface area contributed by atoms with Crippen molar-refractivity contribution >= 4 is 56.7 Å². The Morgan fingerprint density at radius 3 is 2.22 bits per heavy atom. The average Bonchev–Trinajstić information content (AvgIpc) is 3.09. The lowest BCUT2D eigenvalue weighted by Gasteiger charge is -2.15. The van der Waals surface area contributed by atoms with Crippen molar-refractivity contribution in [2.24, 2.45) is 0 Å². The van der Waals surface area contributed by atoms with Gasteiger partial charge in [0.05, 0.1) is 29.8 Å². The minimum Gasteiger partial charge on any atom is -0.449 e. The SMILES string of the molecule is CCOC(=O)n1c(=O)c(C)c(-c2cccc(I)c2)c2c1c1ccccc1n2C(=O)OCC.